The van der Waals surface area contributed by atoms with Crippen LogP contribution in [0.5, 0.6) is 11.6 Å². The maximum atomic E-state index is 13.4. The number of hydrogen-bond acceptors (Lipinski definition) is 5. The highest BCUT2D eigenvalue weighted by molar-refractivity contribution is 6.01. The van der Waals surface area contributed by atoms with Gasteiger partial charge in [0, 0.05) is 12.7 Å². The van der Waals surface area contributed by atoms with Gasteiger partial charge in [0.25, 0.3) is 11.5 Å². The van der Waals surface area contributed by atoms with Crippen LogP contribution in [0.25, 0.3) is 11.7 Å². The first-order valence-corrected chi connectivity index (χ1v) is 10.7. The third kappa shape index (κ3) is 4.87. The van der Waals surface area contributed by atoms with Crippen LogP contribution in [0.3, 0.4) is 0 Å². The Morgan fingerprint density at radius 3 is 2.65 bits per heavy atom. The van der Waals surface area contributed by atoms with Crippen LogP contribution in [-0.4, -0.2) is 15.3 Å². The number of carbonyl (C=O) groups is 1. The number of hydrogen-bond donors (Lipinski definition) is 1. The first kappa shape index (κ1) is 22.5. The predicted octanol–water partition coefficient (Wildman–Crippen LogP) is 4.33. The van der Waals surface area contributed by atoms with E-state index < -0.39 is 11.5 Å². The Morgan fingerprint density at radius 2 is 1.91 bits per heavy atom. The first-order valence-electron chi connectivity index (χ1n) is 10.7. The molecule has 1 N–H and O–H groups in total. The molecule has 0 aliphatic carbocycles. The van der Waals surface area contributed by atoms with Crippen molar-refractivity contribution in [1.82, 2.24) is 14.7 Å². The van der Waals surface area contributed by atoms with E-state index in [1.807, 2.05) is 74.5 Å². The second-order valence-corrected chi connectivity index (χ2v) is 7.78. The summed E-state index contributed by atoms with van der Waals surface area (Å²) in [5.74, 6) is -0.0818. The number of nitrogens with one attached hydrogen (secondary N) is 1. The molecule has 0 saturated carbocycles. The van der Waals surface area contributed by atoms with Crippen molar-refractivity contribution in [2.24, 2.45) is 0 Å². The van der Waals surface area contributed by atoms with Crippen molar-refractivity contribution in [3.63, 3.8) is 0 Å². The van der Waals surface area contributed by atoms with Crippen molar-refractivity contribution in [3.05, 3.63) is 111 Å². The van der Waals surface area contributed by atoms with E-state index in [0.29, 0.717) is 11.4 Å². The van der Waals surface area contributed by atoms with Gasteiger partial charge in [0.1, 0.15) is 28.6 Å². The van der Waals surface area contributed by atoms with Gasteiger partial charge in [0.2, 0.25) is 5.88 Å². The lowest BCUT2D eigenvalue weighted by atomic mass is 10.1. The number of benzene rings is 2. The SMILES string of the molecule is Cc1cccc(Oc2nc3c(C)cccn3c(=O)c2/C=C(\C#N)C(=O)NCc2ccccc2)c1. The van der Waals surface area contributed by atoms with E-state index >= 15 is 0 Å². The molecule has 0 atom stereocenters. The van der Waals surface area contributed by atoms with Gasteiger partial charge in [-0.1, -0.05) is 48.5 Å². The van der Waals surface area contributed by atoms with Crippen molar-refractivity contribution >= 4 is 17.6 Å². The van der Waals surface area contributed by atoms with Gasteiger partial charge in [-0.3, -0.25) is 14.0 Å². The summed E-state index contributed by atoms with van der Waals surface area (Å²) >= 11 is 0. The van der Waals surface area contributed by atoms with E-state index in [9.17, 15) is 14.9 Å². The quantitative estimate of drug-likeness (QED) is 0.348. The number of pyridine rings is 1. The van der Waals surface area contributed by atoms with Crippen LogP contribution >= 0.6 is 0 Å². The Balaban J connectivity index is 1.78. The van der Waals surface area contributed by atoms with E-state index in [1.165, 1.54) is 10.5 Å². The van der Waals surface area contributed by atoms with Crippen LogP contribution in [-0.2, 0) is 11.3 Å². The molecular weight excluding hydrogens is 428 g/mol. The van der Waals surface area contributed by atoms with E-state index in [-0.39, 0.29) is 23.6 Å². The minimum absolute atomic E-state index is 0.0102. The minimum atomic E-state index is -0.596. The topological polar surface area (TPSA) is 96.5 Å². The molecule has 168 valence electrons. The molecule has 34 heavy (non-hydrogen) atoms. The van der Waals surface area contributed by atoms with Gasteiger partial charge in [0.15, 0.2) is 0 Å². The number of nitriles is 1. The van der Waals surface area contributed by atoms with E-state index in [1.54, 1.807) is 18.3 Å². The van der Waals surface area contributed by atoms with E-state index in [2.05, 4.69) is 10.3 Å². The molecule has 1 amide bonds. The Morgan fingerprint density at radius 1 is 1.12 bits per heavy atom. The molecule has 4 rings (SSSR count). The van der Waals surface area contributed by atoms with Crippen LogP contribution in [0.1, 0.15) is 22.3 Å². The zero-order valence-electron chi connectivity index (χ0n) is 18.8. The third-order valence-electron chi connectivity index (χ3n) is 5.20. The summed E-state index contributed by atoms with van der Waals surface area (Å²) in [6.45, 7) is 4.01. The number of aryl methyl sites for hydroxylation is 2. The Bertz CT molecular complexity index is 1500. The highest BCUT2D eigenvalue weighted by Gasteiger charge is 2.18. The largest absolute Gasteiger partial charge is 0.438 e. The number of nitrogens with zero attached hydrogens (tertiary/aromatic N) is 3. The van der Waals surface area contributed by atoms with Gasteiger partial charge in [-0.05, 0) is 54.8 Å². The molecule has 7 nitrogen and oxygen atoms in total. The van der Waals surface area contributed by atoms with Crippen LogP contribution in [0.15, 0.2) is 83.3 Å². The van der Waals surface area contributed by atoms with Gasteiger partial charge in [-0.25, -0.2) is 0 Å². The summed E-state index contributed by atoms with van der Waals surface area (Å²) in [6, 6.07) is 22.1. The lowest BCUT2D eigenvalue weighted by Crippen LogP contribution is -2.25. The molecule has 0 spiro atoms. The first-order chi connectivity index (χ1) is 16.5. The summed E-state index contributed by atoms with van der Waals surface area (Å²) < 4.78 is 7.35. The fraction of sp³-hybridized carbons (Fsp3) is 0.111. The number of carbonyl (C=O) groups excluding carboxylic acids is 1. The predicted molar refractivity (Wildman–Crippen MR) is 129 cm³/mol. The lowest BCUT2D eigenvalue weighted by Gasteiger charge is -2.12. The van der Waals surface area contributed by atoms with Crippen molar-refractivity contribution in [2.75, 3.05) is 0 Å². The summed E-state index contributed by atoms with van der Waals surface area (Å²) in [7, 11) is 0. The molecule has 4 aromatic rings. The van der Waals surface area contributed by atoms with Gasteiger partial charge in [0.05, 0.1) is 0 Å². The lowest BCUT2D eigenvalue weighted by molar-refractivity contribution is -0.117. The highest BCUT2D eigenvalue weighted by Crippen LogP contribution is 2.25. The van der Waals surface area contributed by atoms with Gasteiger partial charge >= 0.3 is 0 Å². The molecule has 0 radical (unpaired) electrons. The Labute approximate surface area is 196 Å². The van der Waals surface area contributed by atoms with Crippen molar-refractivity contribution in [1.29, 1.82) is 5.26 Å². The number of aromatic nitrogens is 2. The normalized spacial score (nSPS) is 11.1. The summed E-state index contributed by atoms with van der Waals surface area (Å²) in [4.78, 5) is 30.6. The van der Waals surface area contributed by atoms with E-state index in [0.717, 1.165) is 16.7 Å². The van der Waals surface area contributed by atoms with Crippen LogP contribution in [0.2, 0.25) is 0 Å². The second kappa shape index (κ2) is 9.84. The Kier molecular flexibility index (Phi) is 6.51. The maximum absolute atomic E-state index is 13.4. The average molecular weight is 450 g/mol. The second-order valence-electron chi connectivity index (χ2n) is 7.78. The van der Waals surface area contributed by atoms with Crippen molar-refractivity contribution in [3.8, 4) is 17.7 Å². The average Bonchev–Trinajstić information content (AvgIpc) is 2.84. The zero-order valence-corrected chi connectivity index (χ0v) is 18.8. The smallest absolute Gasteiger partial charge is 0.269 e. The molecule has 2 aromatic heterocycles. The third-order valence-corrected chi connectivity index (χ3v) is 5.20. The number of rotatable bonds is 6. The van der Waals surface area contributed by atoms with E-state index in [4.69, 9.17) is 4.74 Å². The fourth-order valence-electron chi connectivity index (χ4n) is 3.45. The molecule has 0 saturated heterocycles. The number of amides is 1. The van der Waals surface area contributed by atoms with Gasteiger partial charge in [-0.15, -0.1) is 0 Å². The molecular formula is C27H22N4O3. The molecule has 0 bridgehead atoms. The number of ether oxygens (including phenoxy) is 1. The minimum Gasteiger partial charge on any atom is -0.438 e. The van der Waals surface area contributed by atoms with Gasteiger partial charge < -0.3 is 10.1 Å². The summed E-state index contributed by atoms with van der Waals surface area (Å²) in [5, 5.41) is 12.4. The monoisotopic (exact) mass is 450 g/mol. The maximum Gasteiger partial charge on any atom is 0.269 e. The zero-order chi connectivity index (χ0) is 24.1. The van der Waals surface area contributed by atoms with Crippen LogP contribution in [0.4, 0.5) is 0 Å². The summed E-state index contributed by atoms with van der Waals surface area (Å²) in [5.41, 5.74) is 2.41. The van der Waals surface area contributed by atoms with Crippen molar-refractivity contribution in [2.45, 2.75) is 20.4 Å². The standard InChI is InChI=1S/C27H22N4O3/c1-18-8-6-12-22(14-18)34-26-23(27(33)31-13-7-9-19(2)24(31)30-26)15-21(16-28)25(32)29-17-20-10-4-3-5-11-20/h3-15H,17H2,1-2H3,(H,29,32)/b21-15+. The van der Waals surface area contributed by atoms with Gasteiger partial charge in [-0.2, -0.15) is 10.2 Å². The van der Waals surface area contributed by atoms with Crippen LogP contribution < -0.4 is 15.6 Å². The summed E-state index contributed by atoms with van der Waals surface area (Å²) in [6.07, 6.45) is 2.82. The molecule has 2 aromatic carbocycles. The molecule has 0 fully saturated rings. The highest BCUT2D eigenvalue weighted by atomic mass is 16.5. The van der Waals surface area contributed by atoms with Crippen LogP contribution in [0, 0.1) is 25.2 Å². The Hall–Kier alpha value is -4.70. The number of fused-ring (bicyclic) bond motifs is 1. The van der Waals surface area contributed by atoms with Crippen molar-refractivity contribution < 1.29 is 9.53 Å². The molecule has 2 heterocycles. The molecule has 0 aliphatic heterocycles. The fourth-order valence-corrected chi connectivity index (χ4v) is 3.45. The molecule has 0 aliphatic rings. The molecule has 7 heteroatoms. The molecule has 0 unspecified atom stereocenters.